The van der Waals surface area contributed by atoms with Crippen LogP contribution in [0, 0.1) is 6.92 Å². The number of hydrogen-bond acceptors (Lipinski definition) is 1. The average molecular weight is 290 g/mol. The largest absolute Gasteiger partial charge is 0.277 e. The Balaban J connectivity index is 2.15. The molecular formula is C14H12BrNO. The van der Waals surface area contributed by atoms with Crippen molar-refractivity contribution in [2.45, 2.75) is 13.3 Å². The number of hydrogen-bond donors (Lipinski definition) is 0. The van der Waals surface area contributed by atoms with E-state index in [9.17, 15) is 4.79 Å². The zero-order valence-corrected chi connectivity index (χ0v) is 11.1. The quantitative estimate of drug-likeness (QED) is 0.773. The summed E-state index contributed by atoms with van der Waals surface area (Å²) in [5, 5.41) is 0. The first kappa shape index (κ1) is 12.0. The first-order valence-corrected chi connectivity index (χ1v) is 6.17. The van der Waals surface area contributed by atoms with Crippen LogP contribution in [0.4, 0.5) is 0 Å². The topological polar surface area (TPSA) is 29.4 Å². The van der Waals surface area contributed by atoms with Gasteiger partial charge in [0.1, 0.15) is 0 Å². The molecule has 1 aromatic rings. The summed E-state index contributed by atoms with van der Waals surface area (Å²) in [7, 11) is 0. The van der Waals surface area contributed by atoms with Gasteiger partial charge in [0.05, 0.1) is 0 Å². The van der Waals surface area contributed by atoms with Crippen LogP contribution in [0.3, 0.4) is 0 Å². The third kappa shape index (κ3) is 3.24. The van der Waals surface area contributed by atoms with Crippen molar-refractivity contribution in [3.63, 3.8) is 0 Å². The van der Waals surface area contributed by atoms with Crippen molar-refractivity contribution in [2.24, 2.45) is 4.99 Å². The molecule has 0 unspecified atom stereocenters. The number of carbonyl (C=O) groups excluding carboxylic acids is 1. The van der Waals surface area contributed by atoms with Gasteiger partial charge in [-0.25, -0.2) is 4.99 Å². The van der Waals surface area contributed by atoms with Crippen molar-refractivity contribution in [2.75, 3.05) is 0 Å². The maximum atomic E-state index is 11.9. The van der Waals surface area contributed by atoms with E-state index in [0.717, 1.165) is 15.8 Å². The maximum absolute atomic E-state index is 11.9. The van der Waals surface area contributed by atoms with Gasteiger partial charge in [-0.1, -0.05) is 39.7 Å². The monoisotopic (exact) mass is 289 g/mol. The number of aliphatic imine (C=N–C) groups is 1. The highest BCUT2D eigenvalue weighted by atomic mass is 79.9. The van der Waals surface area contributed by atoms with Crippen molar-refractivity contribution in [1.82, 2.24) is 0 Å². The van der Waals surface area contributed by atoms with Gasteiger partial charge in [0.25, 0.3) is 5.91 Å². The van der Waals surface area contributed by atoms with E-state index in [4.69, 9.17) is 0 Å². The molecule has 1 aliphatic rings. The lowest BCUT2D eigenvalue weighted by molar-refractivity contribution is 0.100. The maximum Gasteiger partial charge on any atom is 0.277 e. The summed E-state index contributed by atoms with van der Waals surface area (Å²) < 4.78 is 1.03. The molecule has 86 valence electrons. The van der Waals surface area contributed by atoms with Gasteiger partial charge in [-0.2, -0.15) is 0 Å². The second-order valence-corrected chi connectivity index (χ2v) is 4.82. The number of allylic oxidation sites excluding steroid dienone is 4. The summed E-state index contributed by atoms with van der Waals surface area (Å²) in [5.74, 6) is -0.184. The fourth-order valence-electron chi connectivity index (χ4n) is 1.49. The van der Waals surface area contributed by atoms with Crippen molar-refractivity contribution in [3.05, 3.63) is 58.1 Å². The van der Waals surface area contributed by atoms with E-state index in [2.05, 4.69) is 20.9 Å². The minimum Gasteiger partial charge on any atom is -0.267 e. The molecule has 0 bridgehead atoms. The Morgan fingerprint density at radius 1 is 1.24 bits per heavy atom. The lowest BCUT2D eigenvalue weighted by atomic mass is 10.1. The van der Waals surface area contributed by atoms with Crippen LogP contribution in [-0.2, 0) is 0 Å². The fourth-order valence-corrected chi connectivity index (χ4v) is 1.78. The van der Waals surface area contributed by atoms with Crippen LogP contribution in [0.25, 0.3) is 0 Å². The molecule has 0 fully saturated rings. The Labute approximate surface area is 109 Å². The third-order valence-electron chi connectivity index (χ3n) is 2.48. The number of aryl methyl sites for hydroxylation is 1. The van der Waals surface area contributed by atoms with Gasteiger partial charge in [0.2, 0.25) is 0 Å². The number of carbonyl (C=O) groups is 1. The van der Waals surface area contributed by atoms with Gasteiger partial charge >= 0.3 is 0 Å². The minimum absolute atomic E-state index is 0.184. The highest BCUT2D eigenvalue weighted by Crippen LogP contribution is 2.14. The highest BCUT2D eigenvalue weighted by molar-refractivity contribution is 9.11. The van der Waals surface area contributed by atoms with Gasteiger partial charge in [0.15, 0.2) is 0 Å². The predicted molar refractivity (Wildman–Crippen MR) is 73.7 cm³/mol. The molecular weight excluding hydrogens is 278 g/mol. The lowest BCUT2D eigenvalue weighted by Crippen LogP contribution is -2.03. The fraction of sp³-hybridized carbons (Fsp3) is 0.143. The number of benzene rings is 1. The van der Waals surface area contributed by atoms with E-state index in [0.29, 0.717) is 12.0 Å². The molecule has 1 amide bonds. The molecule has 3 heteroatoms. The lowest BCUT2D eigenvalue weighted by Gasteiger charge is -2.03. The van der Waals surface area contributed by atoms with Crippen LogP contribution >= 0.6 is 15.9 Å². The Kier molecular flexibility index (Phi) is 3.69. The molecule has 17 heavy (non-hydrogen) atoms. The molecule has 1 aliphatic carbocycles. The summed E-state index contributed by atoms with van der Waals surface area (Å²) in [6, 6.07) is 7.45. The Morgan fingerprint density at radius 2 is 1.94 bits per heavy atom. The zero-order chi connectivity index (χ0) is 12.3. The van der Waals surface area contributed by atoms with E-state index in [1.54, 1.807) is 12.1 Å². The summed E-state index contributed by atoms with van der Waals surface area (Å²) in [6.45, 7) is 1.99. The van der Waals surface area contributed by atoms with Gasteiger partial charge in [-0.05, 0) is 31.2 Å². The molecule has 0 atom stereocenters. The molecule has 0 N–H and O–H groups in total. The van der Waals surface area contributed by atoms with Crippen molar-refractivity contribution in [3.8, 4) is 0 Å². The molecule has 0 aromatic heterocycles. The van der Waals surface area contributed by atoms with Crippen LogP contribution < -0.4 is 0 Å². The van der Waals surface area contributed by atoms with Gasteiger partial charge in [-0.3, -0.25) is 4.79 Å². The van der Waals surface area contributed by atoms with E-state index in [1.807, 2.05) is 37.3 Å². The highest BCUT2D eigenvalue weighted by Gasteiger charge is 2.06. The normalized spacial score (nSPS) is 17.1. The van der Waals surface area contributed by atoms with E-state index in [1.165, 1.54) is 0 Å². The molecule has 0 radical (unpaired) electrons. The Morgan fingerprint density at radius 3 is 2.53 bits per heavy atom. The molecule has 0 saturated heterocycles. The summed E-state index contributed by atoms with van der Waals surface area (Å²) in [4.78, 5) is 15.9. The number of rotatable bonds is 1. The second kappa shape index (κ2) is 5.23. The van der Waals surface area contributed by atoms with Gasteiger partial charge in [-0.15, -0.1) is 0 Å². The summed E-state index contributed by atoms with van der Waals surface area (Å²) in [6.07, 6.45) is 6.43. The van der Waals surface area contributed by atoms with E-state index >= 15 is 0 Å². The van der Waals surface area contributed by atoms with Crippen molar-refractivity contribution >= 4 is 27.5 Å². The first-order chi connectivity index (χ1) is 8.15. The summed E-state index contributed by atoms with van der Waals surface area (Å²) >= 11 is 3.37. The number of halogens is 1. The molecule has 2 nitrogen and oxygen atoms in total. The van der Waals surface area contributed by atoms with E-state index in [-0.39, 0.29) is 5.91 Å². The third-order valence-corrected chi connectivity index (χ3v) is 3.07. The van der Waals surface area contributed by atoms with Crippen LogP contribution in [0.1, 0.15) is 22.3 Å². The molecule has 0 aliphatic heterocycles. The Bertz CT molecular complexity index is 524. The average Bonchev–Trinajstić information content (AvgIpc) is 2.33. The smallest absolute Gasteiger partial charge is 0.267 e. The molecule has 1 aromatic carbocycles. The van der Waals surface area contributed by atoms with Gasteiger partial charge in [0, 0.05) is 22.2 Å². The second-order valence-electron chi connectivity index (χ2n) is 3.90. The van der Waals surface area contributed by atoms with Crippen molar-refractivity contribution < 1.29 is 4.79 Å². The minimum atomic E-state index is -0.184. The standard InChI is InChI=1S/C14H12BrNO/c1-10-2-4-11(5-3-10)14(17)16-13-8-6-12(15)7-9-13/h2-8H,9H2,1H3. The van der Waals surface area contributed by atoms with Gasteiger partial charge < -0.3 is 0 Å². The molecule has 0 heterocycles. The molecule has 0 spiro atoms. The van der Waals surface area contributed by atoms with Crippen molar-refractivity contribution in [1.29, 1.82) is 0 Å². The summed E-state index contributed by atoms with van der Waals surface area (Å²) in [5.41, 5.74) is 2.56. The predicted octanol–water partition coefficient (Wildman–Crippen LogP) is 3.81. The van der Waals surface area contributed by atoms with Crippen LogP contribution in [0.15, 0.2) is 52.0 Å². The SMILES string of the molecule is Cc1ccc(C(=O)N=C2C=CC(Br)=CC2)cc1. The Hall–Kier alpha value is -1.48. The van der Waals surface area contributed by atoms with Crippen LogP contribution in [0.5, 0.6) is 0 Å². The van der Waals surface area contributed by atoms with Crippen LogP contribution in [0.2, 0.25) is 0 Å². The first-order valence-electron chi connectivity index (χ1n) is 5.37. The van der Waals surface area contributed by atoms with E-state index < -0.39 is 0 Å². The molecule has 2 rings (SSSR count). The number of nitrogens with zero attached hydrogens (tertiary/aromatic N) is 1. The number of amides is 1. The zero-order valence-electron chi connectivity index (χ0n) is 9.48. The molecule has 0 saturated carbocycles. The van der Waals surface area contributed by atoms with Crippen LogP contribution in [-0.4, -0.2) is 11.6 Å².